The summed E-state index contributed by atoms with van der Waals surface area (Å²) in [5, 5.41) is 0. The Hall–Kier alpha value is -2.15. The van der Waals surface area contributed by atoms with E-state index in [1.165, 1.54) is 53.6 Å². The van der Waals surface area contributed by atoms with Crippen LogP contribution in [-0.2, 0) is 4.79 Å². The quantitative estimate of drug-likeness (QED) is 0.474. The van der Waals surface area contributed by atoms with E-state index < -0.39 is 0 Å². The number of allylic oxidation sites excluding steroid dienone is 1. The van der Waals surface area contributed by atoms with Crippen LogP contribution in [0, 0.1) is 20.8 Å². The zero-order chi connectivity index (χ0) is 23.4. The summed E-state index contributed by atoms with van der Waals surface area (Å²) in [4.78, 5) is 9.44. The molecule has 0 aliphatic heterocycles. The minimum absolute atomic E-state index is 0. The molecule has 0 amide bonds. The monoisotopic (exact) mass is 418 g/mol. The lowest BCUT2D eigenvalue weighted by atomic mass is 9.93. The van der Waals surface area contributed by atoms with Gasteiger partial charge in [-0.3, -0.25) is 0 Å². The molecule has 0 saturated heterocycles. The number of hydrogen-bond donors (Lipinski definition) is 0. The summed E-state index contributed by atoms with van der Waals surface area (Å²) in [6.07, 6.45) is 5.55. The van der Waals surface area contributed by atoms with Crippen LogP contribution in [0.2, 0.25) is 0 Å². The van der Waals surface area contributed by atoms with Gasteiger partial charge >= 0.3 is 0 Å². The van der Waals surface area contributed by atoms with E-state index in [0.717, 1.165) is 0 Å². The van der Waals surface area contributed by atoms with Crippen molar-refractivity contribution in [2.75, 3.05) is 0 Å². The fourth-order valence-corrected chi connectivity index (χ4v) is 2.45. The van der Waals surface area contributed by atoms with Crippen LogP contribution in [0.15, 0.2) is 42.5 Å². The number of carbonyl (C=O) groups is 1. The first-order valence-electron chi connectivity index (χ1n) is 11.0. The Kier molecular flexibility index (Phi) is 27.2. The Balaban J connectivity index is -0.000000104. The van der Waals surface area contributed by atoms with Gasteiger partial charge in [-0.1, -0.05) is 115 Å². The highest BCUT2D eigenvalue weighted by molar-refractivity contribution is 5.77. The molecule has 1 heteroatoms. The van der Waals surface area contributed by atoms with Crippen molar-refractivity contribution in [3.63, 3.8) is 0 Å². The molecule has 0 radical (unpaired) electrons. The standard InChI is InChI=1S/C18H20.C3H6O.C3H8.2C2H6.CH4.2H2/c1-5-7-17-15(4)8-6-9-18(17)16-11-13(2)10-14(3)12-16;1-3(2)4;1-3-2;2*1-2;;;/h5-12H,1-4H3;1-2H3;3H2,1-2H3;2*1-2H3;1H4;2*1H/b7-5-;;;;;;;. The van der Waals surface area contributed by atoms with Gasteiger partial charge in [0.05, 0.1) is 0 Å². The van der Waals surface area contributed by atoms with E-state index >= 15 is 0 Å². The van der Waals surface area contributed by atoms with Crippen molar-refractivity contribution in [1.29, 1.82) is 0 Å². The van der Waals surface area contributed by atoms with Crippen LogP contribution in [0.3, 0.4) is 0 Å². The fourth-order valence-electron chi connectivity index (χ4n) is 2.45. The highest BCUT2D eigenvalue weighted by atomic mass is 16.1. The molecular weight excluding hydrogens is 364 g/mol. The minimum Gasteiger partial charge on any atom is -0.300 e. The molecule has 2 rings (SSSR count). The van der Waals surface area contributed by atoms with Crippen LogP contribution in [0.5, 0.6) is 0 Å². The first-order valence-corrected chi connectivity index (χ1v) is 11.0. The highest BCUT2D eigenvalue weighted by Gasteiger charge is 2.06. The fraction of sp³-hybridized carbons (Fsp3) is 0.483. The van der Waals surface area contributed by atoms with Gasteiger partial charge in [0.1, 0.15) is 5.78 Å². The van der Waals surface area contributed by atoms with E-state index in [-0.39, 0.29) is 16.1 Å². The van der Waals surface area contributed by atoms with Crippen molar-refractivity contribution in [1.82, 2.24) is 0 Å². The smallest absolute Gasteiger partial charge is 0.126 e. The van der Waals surface area contributed by atoms with Gasteiger partial charge < -0.3 is 4.79 Å². The summed E-state index contributed by atoms with van der Waals surface area (Å²) in [6, 6.07) is 13.2. The molecule has 176 valence electrons. The van der Waals surface area contributed by atoms with E-state index in [2.05, 4.69) is 90.1 Å². The Morgan fingerprint density at radius 1 is 0.900 bits per heavy atom. The predicted octanol–water partition coefficient (Wildman–Crippen LogP) is 10.5. The minimum atomic E-state index is 0. The highest BCUT2D eigenvalue weighted by Crippen LogP contribution is 2.28. The van der Waals surface area contributed by atoms with Crippen molar-refractivity contribution in [2.24, 2.45) is 0 Å². The number of benzene rings is 2. The first kappa shape index (κ1) is 35.3. The van der Waals surface area contributed by atoms with Crippen LogP contribution < -0.4 is 0 Å². The molecule has 0 heterocycles. The lowest BCUT2D eigenvalue weighted by molar-refractivity contribution is -0.114. The summed E-state index contributed by atoms with van der Waals surface area (Å²) < 4.78 is 0. The van der Waals surface area contributed by atoms with Gasteiger partial charge in [-0.15, -0.1) is 0 Å². The average Bonchev–Trinajstić information content (AvgIpc) is 2.66. The molecule has 0 fully saturated rings. The SMILES string of the molecule is C.C/C=C\c1c(C)cccc1-c1cc(C)cc(C)c1.CC.CC.CC(C)=O.CCC.[HH].[HH]. The van der Waals surface area contributed by atoms with Gasteiger partial charge in [0, 0.05) is 2.85 Å². The van der Waals surface area contributed by atoms with Crippen LogP contribution in [0.1, 0.15) is 101 Å². The topological polar surface area (TPSA) is 17.1 Å². The zero-order valence-electron chi connectivity index (χ0n) is 21.2. The molecular formula is C29H54O. The van der Waals surface area contributed by atoms with Crippen molar-refractivity contribution in [2.45, 2.75) is 96.9 Å². The van der Waals surface area contributed by atoms with E-state index in [4.69, 9.17) is 0 Å². The van der Waals surface area contributed by atoms with Crippen LogP contribution >= 0.6 is 0 Å². The third kappa shape index (κ3) is 16.8. The number of Topliss-reactive ketones (excluding diaryl/α,β-unsaturated/α-hetero) is 1. The molecule has 0 bridgehead atoms. The largest absolute Gasteiger partial charge is 0.300 e. The number of aryl methyl sites for hydroxylation is 3. The normalized spacial score (nSPS) is 8.53. The van der Waals surface area contributed by atoms with Crippen molar-refractivity contribution < 1.29 is 7.65 Å². The Morgan fingerprint density at radius 2 is 1.30 bits per heavy atom. The second-order valence-electron chi connectivity index (χ2n) is 6.53. The molecule has 0 N–H and O–H groups in total. The first-order chi connectivity index (χ1) is 13.8. The summed E-state index contributed by atoms with van der Waals surface area (Å²) in [7, 11) is 0. The number of carbonyl (C=O) groups excluding carboxylic acids is 1. The number of ketones is 1. The Labute approximate surface area is 192 Å². The van der Waals surface area contributed by atoms with E-state index in [0.29, 0.717) is 0 Å². The van der Waals surface area contributed by atoms with Gasteiger partial charge in [0.2, 0.25) is 0 Å². The summed E-state index contributed by atoms with van der Waals surface area (Å²) >= 11 is 0. The van der Waals surface area contributed by atoms with Crippen LogP contribution in [0.4, 0.5) is 0 Å². The Bertz CT molecular complexity index is 680. The lowest BCUT2D eigenvalue weighted by Crippen LogP contribution is -1.89. The van der Waals surface area contributed by atoms with E-state index in [9.17, 15) is 4.79 Å². The summed E-state index contributed by atoms with van der Waals surface area (Å²) in [5.74, 6) is 0.167. The van der Waals surface area contributed by atoms with Gasteiger partial charge in [-0.05, 0) is 63.8 Å². The number of hydrogen-bond acceptors (Lipinski definition) is 1. The predicted molar refractivity (Wildman–Crippen MR) is 147 cm³/mol. The average molecular weight is 419 g/mol. The molecule has 30 heavy (non-hydrogen) atoms. The molecule has 0 unspecified atom stereocenters. The van der Waals surface area contributed by atoms with E-state index in [1.54, 1.807) is 0 Å². The molecule has 0 atom stereocenters. The number of rotatable bonds is 2. The lowest BCUT2D eigenvalue weighted by Gasteiger charge is -2.11. The molecule has 0 aliphatic carbocycles. The summed E-state index contributed by atoms with van der Waals surface area (Å²) in [5.41, 5.74) is 7.91. The molecule has 2 aromatic carbocycles. The molecule has 1 nitrogen and oxygen atoms in total. The molecule has 2 aromatic rings. The van der Waals surface area contributed by atoms with Crippen molar-refractivity contribution in [3.8, 4) is 11.1 Å². The van der Waals surface area contributed by atoms with Gasteiger partial charge in [0.15, 0.2) is 0 Å². The van der Waals surface area contributed by atoms with Crippen molar-refractivity contribution >= 4 is 11.9 Å². The van der Waals surface area contributed by atoms with Gasteiger partial charge in [-0.25, -0.2) is 0 Å². The maximum Gasteiger partial charge on any atom is 0.126 e. The Morgan fingerprint density at radius 3 is 1.67 bits per heavy atom. The van der Waals surface area contributed by atoms with Crippen LogP contribution in [0.25, 0.3) is 17.2 Å². The molecule has 0 saturated carbocycles. The van der Waals surface area contributed by atoms with Crippen molar-refractivity contribution in [3.05, 3.63) is 64.7 Å². The van der Waals surface area contributed by atoms with Gasteiger partial charge in [-0.2, -0.15) is 0 Å². The van der Waals surface area contributed by atoms with Crippen LogP contribution in [-0.4, -0.2) is 5.78 Å². The molecule has 0 aromatic heterocycles. The maximum absolute atomic E-state index is 9.44. The third-order valence-corrected chi connectivity index (χ3v) is 3.19. The third-order valence-electron chi connectivity index (χ3n) is 3.19. The maximum atomic E-state index is 9.44. The van der Waals surface area contributed by atoms with Gasteiger partial charge in [0.25, 0.3) is 0 Å². The molecule has 0 spiro atoms. The molecule has 0 aliphatic rings. The second-order valence-corrected chi connectivity index (χ2v) is 6.53. The van der Waals surface area contributed by atoms with E-state index in [1.807, 2.05) is 27.7 Å². The second kappa shape index (κ2) is 23.1. The zero-order valence-corrected chi connectivity index (χ0v) is 21.2. The summed E-state index contributed by atoms with van der Waals surface area (Å²) in [6.45, 7) is 23.8.